The molecule has 7 aliphatic rings. The summed E-state index contributed by atoms with van der Waals surface area (Å²) in [6.07, 6.45) is -13.4. The molecule has 0 aromatic heterocycles. The molecule has 0 aromatic carbocycles. The molecule has 5 N–H and O–H groups in total. The molecule has 326 valence electrons. The molecule has 0 aromatic rings. The Kier molecular flexibility index (Phi) is 12.1. The molecule has 17 heteroatoms. The van der Waals surface area contributed by atoms with Crippen molar-refractivity contribution in [2.75, 3.05) is 0 Å². The number of hydrogen-bond acceptors (Lipinski definition) is 16. The van der Waals surface area contributed by atoms with Gasteiger partial charge in [-0.15, -0.1) is 0 Å². The van der Waals surface area contributed by atoms with Gasteiger partial charge in [0.1, 0.15) is 48.8 Å². The molecule has 19 atom stereocenters. The minimum absolute atomic E-state index is 0. The van der Waals surface area contributed by atoms with Gasteiger partial charge in [-0.05, 0) is 103 Å². The molecule has 4 saturated carbocycles. The summed E-state index contributed by atoms with van der Waals surface area (Å²) in [7, 11) is 0. The summed E-state index contributed by atoms with van der Waals surface area (Å²) in [5.74, 6) is -5.37. The normalized spacial score (nSPS) is 51.7. The third-order valence-electron chi connectivity index (χ3n) is 17.2. The number of carboxylic acid groups (broad SMARTS) is 3. The molecular weight excluding hydrogens is 787 g/mol. The number of allylic oxidation sites excluding steroid dienone is 2. The zero-order valence-electron chi connectivity index (χ0n) is 34.8. The maximum Gasteiger partial charge on any atom is 3.00 e. The molecule has 0 radical (unpaired) electrons. The molecule has 6 fully saturated rings. The van der Waals surface area contributed by atoms with Gasteiger partial charge in [-0.1, -0.05) is 54.0 Å². The van der Waals surface area contributed by atoms with Crippen molar-refractivity contribution in [2.24, 2.45) is 50.2 Å². The van der Waals surface area contributed by atoms with Crippen LogP contribution in [0.3, 0.4) is 0 Å². The van der Waals surface area contributed by atoms with E-state index in [0.717, 1.165) is 24.8 Å². The Labute approximate surface area is 354 Å². The summed E-state index contributed by atoms with van der Waals surface area (Å²) < 4.78 is 23.1. The van der Waals surface area contributed by atoms with E-state index in [2.05, 4.69) is 27.7 Å². The number of carbonyl (C=O) groups is 4. The molecule has 2 aliphatic heterocycles. The molecule has 0 spiro atoms. The average Bonchev–Trinajstić information content (AvgIpc) is 3.13. The van der Waals surface area contributed by atoms with E-state index in [4.69, 9.17) is 18.9 Å². The molecule has 2 heterocycles. The van der Waals surface area contributed by atoms with Crippen LogP contribution in [0.5, 0.6) is 0 Å². The predicted molar refractivity (Wildman–Crippen MR) is 197 cm³/mol. The molecule has 7 rings (SSSR count). The number of carboxylic acids is 3. The number of fused-ring (bicyclic) bond motifs is 7. The summed E-state index contributed by atoms with van der Waals surface area (Å²) >= 11 is 0. The van der Waals surface area contributed by atoms with Gasteiger partial charge in [0.05, 0.1) is 18.0 Å². The Hall–Kier alpha value is -2.01. The van der Waals surface area contributed by atoms with Crippen molar-refractivity contribution in [2.45, 2.75) is 174 Å². The zero-order valence-corrected chi connectivity index (χ0v) is 36.0. The van der Waals surface area contributed by atoms with Crippen LogP contribution >= 0.6 is 0 Å². The number of rotatable bonds is 7. The monoisotopic (exact) mass is 846 g/mol. The number of aliphatic hydroxyl groups is 5. The second kappa shape index (κ2) is 15.4. The average molecular weight is 847 g/mol. The Morgan fingerprint density at radius 1 is 0.712 bits per heavy atom. The Balaban J connectivity index is 0.00000585. The van der Waals surface area contributed by atoms with Crippen molar-refractivity contribution < 1.29 is 79.0 Å². The quantitative estimate of drug-likeness (QED) is 0.135. The molecule has 2 saturated heterocycles. The molecule has 0 bridgehead atoms. The summed E-state index contributed by atoms with van der Waals surface area (Å²) in [4.78, 5) is 50.9. The first kappa shape index (κ1) is 46.5. The molecule has 5 aliphatic carbocycles. The van der Waals surface area contributed by atoms with Gasteiger partial charge in [-0.25, -0.2) is 0 Å². The Morgan fingerprint density at radius 2 is 1.29 bits per heavy atom. The van der Waals surface area contributed by atoms with Crippen LogP contribution in [0.2, 0.25) is 0 Å². The number of ether oxygens (including phenoxy) is 4. The second-order valence-electron chi connectivity index (χ2n) is 20.6. The fourth-order valence-corrected chi connectivity index (χ4v) is 13.3. The van der Waals surface area contributed by atoms with Crippen molar-refractivity contribution in [1.29, 1.82) is 0 Å². The van der Waals surface area contributed by atoms with Gasteiger partial charge < -0.3 is 74.2 Å². The van der Waals surface area contributed by atoms with E-state index in [1.807, 2.05) is 19.9 Å². The predicted octanol–water partition coefficient (Wildman–Crippen LogP) is -2.14. The number of carbonyl (C=O) groups excluding carboxylic acids is 4. The number of ketones is 1. The van der Waals surface area contributed by atoms with E-state index in [1.54, 1.807) is 6.92 Å². The van der Waals surface area contributed by atoms with Crippen LogP contribution in [0.1, 0.15) is 106 Å². The van der Waals surface area contributed by atoms with Crippen LogP contribution in [0.25, 0.3) is 0 Å². The van der Waals surface area contributed by atoms with Gasteiger partial charge in [-0.3, -0.25) is 4.79 Å². The summed E-state index contributed by atoms with van der Waals surface area (Å²) in [6, 6.07) is 0. The molecule has 0 amide bonds. The van der Waals surface area contributed by atoms with E-state index in [0.29, 0.717) is 38.5 Å². The van der Waals surface area contributed by atoms with Crippen LogP contribution in [0, 0.1) is 50.2 Å². The fraction of sp³-hybridized carbons (Fsp3) is 0.857. The molecule has 16 nitrogen and oxygen atoms in total. The Morgan fingerprint density at radius 3 is 1.88 bits per heavy atom. The largest absolute Gasteiger partial charge is 3.00 e. The number of aliphatic carboxylic acids is 3. The van der Waals surface area contributed by atoms with Crippen molar-refractivity contribution in [1.82, 2.24) is 0 Å². The van der Waals surface area contributed by atoms with Crippen LogP contribution in [0.15, 0.2) is 11.6 Å². The third-order valence-corrected chi connectivity index (χ3v) is 17.2. The summed E-state index contributed by atoms with van der Waals surface area (Å²) in [6.45, 7) is 14.6. The van der Waals surface area contributed by atoms with Crippen molar-refractivity contribution in [3.05, 3.63) is 11.6 Å². The number of hydrogen-bond donors (Lipinski definition) is 5. The van der Waals surface area contributed by atoms with Gasteiger partial charge in [0.2, 0.25) is 0 Å². The first-order valence-corrected chi connectivity index (χ1v) is 20.7. The van der Waals surface area contributed by atoms with E-state index in [-0.39, 0.29) is 51.7 Å². The van der Waals surface area contributed by atoms with Gasteiger partial charge in [-0.2, -0.15) is 0 Å². The van der Waals surface area contributed by atoms with Crippen LogP contribution < -0.4 is 15.3 Å². The topological polar surface area (TPSA) is 276 Å². The smallest absolute Gasteiger partial charge is 0.550 e. The van der Waals surface area contributed by atoms with E-state index in [1.165, 1.54) is 0 Å². The second-order valence-corrected chi connectivity index (χ2v) is 20.6. The molecule has 3 unspecified atom stereocenters. The minimum Gasteiger partial charge on any atom is -0.550 e. The SMILES string of the molecule is CC1(C)C2CC[C@]3(C)C(C(=O)C=C4C5C[C@@](C)(C(=O)[O-])CC[C@]5(C)CC[C@]43C)[C@@]2(C)CC[C@@H]1O[C@H]1O[C@H](C(=O)[O-])[C@@H](O)[C@H](O)[C@H]1O[C@@H]1O[C@H](C(=O)[O-])[C@@H](O)[C@H](O)[C@H]1O.[Al+3]. The summed E-state index contributed by atoms with van der Waals surface area (Å²) in [5, 5.41) is 89.2. The Bertz CT molecular complexity index is 1740. The maximum absolute atomic E-state index is 14.8. The zero-order chi connectivity index (χ0) is 42.9. The fourth-order valence-electron chi connectivity index (χ4n) is 13.3. The van der Waals surface area contributed by atoms with Crippen LogP contribution in [-0.2, 0) is 38.1 Å². The van der Waals surface area contributed by atoms with E-state index >= 15 is 0 Å². The standard InChI is InChI=1S/C42H62O16.Al/c1-37(2)21-8-11-42(7)31(20(43)16-18-19-17-39(4,36(53)54)13-12-38(19,3)14-15-41(18,42)6)40(21,5)10-9-22(37)55-35-30(26(47)25(46)29(57-35)33(51)52)58-34-27(48)23(44)24(45)28(56-34)32(49)50;/h16,19,21-31,34-35,44-48H,8-15,17H2,1-7H3,(H,49,50)(H,51,52)(H,53,54);/q;+3/p-3/t19?,21?,22-,23-,24-,25-,26-,27+,28-,29-,30+,31?,34-,35-,38+,39-,40-,41+,42+;/m0./s1. The number of aliphatic hydroxyl groups excluding tert-OH is 5. The van der Waals surface area contributed by atoms with Gasteiger partial charge >= 0.3 is 17.4 Å². The van der Waals surface area contributed by atoms with Crippen molar-refractivity contribution >= 4 is 41.1 Å². The van der Waals surface area contributed by atoms with E-state index in [9.17, 15) is 60.0 Å². The van der Waals surface area contributed by atoms with Gasteiger partial charge in [0, 0.05) is 17.3 Å². The van der Waals surface area contributed by atoms with Crippen molar-refractivity contribution in [3.8, 4) is 0 Å². The summed E-state index contributed by atoms with van der Waals surface area (Å²) in [5.41, 5.74) is -2.11. The first-order valence-electron chi connectivity index (χ1n) is 20.7. The first-order chi connectivity index (χ1) is 26.8. The maximum atomic E-state index is 14.8. The van der Waals surface area contributed by atoms with Crippen LogP contribution in [-0.4, -0.2) is 134 Å². The molecule has 59 heavy (non-hydrogen) atoms. The van der Waals surface area contributed by atoms with Crippen LogP contribution in [0.4, 0.5) is 0 Å². The van der Waals surface area contributed by atoms with E-state index < -0.39 is 107 Å². The molecular formula is C42H59AlO16. The van der Waals surface area contributed by atoms with Gasteiger partial charge in [0.25, 0.3) is 0 Å². The van der Waals surface area contributed by atoms with Crippen molar-refractivity contribution in [3.63, 3.8) is 0 Å². The minimum atomic E-state index is -2.16. The third kappa shape index (κ3) is 6.88. The van der Waals surface area contributed by atoms with Gasteiger partial charge in [0.15, 0.2) is 18.4 Å².